The third kappa shape index (κ3) is 2.32. The molecule has 8 nitrogen and oxygen atoms in total. The van der Waals surface area contributed by atoms with Crippen LogP contribution in [-0.4, -0.2) is 49.6 Å². The molecule has 0 aliphatic carbocycles. The summed E-state index contributed by atoms with van der Waals surface area (Å²) in [5.74, 6) is -1.25. The molecule has 0 N–H and O–H groups in total. The van der Waals surface area contributed by atoms with Crippen LogP contribution in [-0.2, 0) is 38.6 Å². The molecule has 18 heavy (non-hydrogen) atoms. The van der Waals surface area contributed by atoms with E-state index in [2.05, 4.69) is 0 Å². The van der Waals surface area contributed by atoms with Crippen LogP contribution in [0.4, 0.5) is 0 Å². The summed E-state index contributed by atoms with van der Waals surface area (Å²) >= 11 is 0. The summed E-state index contributed by atoms with van der Waals surface area (Å²) in [5.41, 5.74) is 0. The number of hydrogen-bond acceptors (Lipinski definition) is 8. The van der Waals surface area contributed by atoms with Crippen LogP contribution in [0.15, 0.2) is 0 Å². The van der Waals surface area contributed by atoms with Gasteiger partial charge in [-0.15, -0.1) is 0 Å². The fraction of sp³-hybridized carbons (Fsp3) is 0.800. The van der Waals surface area contributed by atoms with E-state index in [0.29, 0.717) is 0 Å². The zero-order chi connectivity index (χ0) is 13.1. The zero-order valence-corrected chi connectivity index (χ0v) is 9.99. The van der Waals surface area contributed by atoms with E-state index in [9.17, 15) is 9.59 Å². The topological polar surface area (TPSA) is 89.5 Å². The summed E-state index contributed by atoms with van der Waals surface area (Å²) in [7, 11) is 0. The zero-order valence-electron chi connectivity index (χ0n) is 9.99. The van der Waals surface area contributed by atoms with Crippen molar-refractivity contribution in [3.63, 3.8) is 0 Å². The lowest BCUT2D eigenvalue weighted by atomic mass is 10.0. The van der Waals surface area contributed by atoms with E-state index in [1.165, 1.54) is 0 Å². The Morgan fingerprint density at radius 2 is 1.22 bits per heavy atom. The maximum atomic E-state index is 11.5. The Bertz CT molecular complexity index is 298. The Morgan fingerprint density at radius 3 is 1.50 bits per heavy atom. The van der Waals surface area contributed by atoms with Gasteiger partial charge in [0.2, 0.25) is 12.2 Å². The molecule has 0 aromatic carbocycles. The van der Waals surface area contributed by atoms with Crippen LogP contribution in [0.3, 0.4) is 0 Å². The molecule has 2 aliphatic heterocycles. The molecule has 0 aromatic heterocycles. The minimum Gasteiger partial charge on any atom is -0.464 e. The van der Waals surface area contributed by atoms with Gasteiger partial charge in [0.15, 0.2) is 12.2 Å². The van der Waals surface area contributed by atoms with Gasteiger partial charge in [-0.1, -0.05) is 0 Å². The van der Waals surface area contributed by atoms with Gasteiger partial charge < -0.3 is 9.47 Å². The van der Waals surface area contributed by atoms with E-state index in [-0.39, 0.29) is 13.2 Å². The third-order valence-electron chi connectivity index (χ3n) is 2.50. The molecular weight excluding hydrogens is 248 g/mol. The van der Waals surface area contributed by atoms with Gasteiger partial charge >= 0.3 is 11.9 Å². The fourth-order valence-electron chi connectivity index (χ4n) is 1.65. The van der Waals surface area contributed by atoms with Crippen LogP contribution in [0.25, 0.3) is 0 Å². The SMILES string of the molecule is CCOC(=O)C1OOC(C(=O)OCC)C2OOC12. The average molecular weight is 262 g/mol. The molecule has 0 amide bonds. The second-order valence-corrected chi connectivity index (χ2v) is 3.66. The van der Waals surface area contributed by atoms with Crippen LogP contribution < -0.4 is 0 Å². The molecule has 0 spiro atoms. The highest BCUT2D eigenvalue weighted by atomic mass is 17.3. The fourth-order valence-corrected chi connectivity index (χ4v) is 1.65. The first-order valence-corrected chi connectivity index (χ1v) is 5.66. The van der Waals surface area contributed by atoms with Crippen molar-refractivity contribution in [2.45, 2.75) is 38.3 Å². The molecule has 2 aliphatic rings. The van der Waals surface area contributed by atoms with Gasteiger partial charge in [-0.25, -0.2) is 29.1 Å². The monoisotopic (exact) mass is 262 g/mol. The Morgan fingerprint density at radius 1 is 0.833 bits per heavy atom. The van der Waals surface area contributed by atoms with Crippen LogP contribution >= 0.6 is 0 Å². The van der Waals surface area contributed by atoms with E-state index in [1.54, 1.807) is 13.8 Å². The van der Waals surface area contributed by atoms with Crippen LogP contribution in [0.2, 0.25) is 0 Å². The molecule has 0 radical (unpaired) electrons. The van der Waals surface area contributed by atoms with E-state index >= 15 is 0 Å². The molecule has 4 unspecified atom stereocenters. The molecule has 2 rings (SSSR count). The average Bonchev–Trinajstić information content (AvgIpc) is 2.30. The highest BCUT2D eigenvalue weighted by molar-refractivity contribution is 5.78. The van der Waals surface area contributed by atoms with E-state index < -0.39 is 36.4 Å². The van der Waals surface area contributed by atoms with Crippen LogP contribution in [0.1, 0.15) is 13.8 Å². The maximum Gasteiger partial charge on any atom is 0.341 e. The molecule has 8 heteroatoms. The van der Waals surface area contributed by atoms with Gasteiger partial charge in [0.25, 0.3) is 0 Å². The first-order valence-electron chi connectivity index (χ1n) is 5.66. The Hall–Kier alpha value is -1.22. The van der Waals surface area contributed by atoms with E-state index in [0.717, 1.165) is 0 Å². The minimum absolute atomic E-state index is 0.207. The lowest BCUT2D eigenvalue weighted by Gasteiger charge is -2.43. The first-order chi connectivity index (χ1) is 8.69. The number of hydrogen-bond donors (Lipinski definition) is 0. The maximum absolute atomic E-state index is 11.5. The molecule has 2 heterocycles. The van der Waals surface area contributed by atoms with Gasteiger partial charge in [-0.05, 0) is 13.8 Å². The van der Waals surface area contributed by atoms with Gasteiger partial charge in [0.1, 0.15) is 0 Å². The lowest BCUT2D eigenvalue weighted by molar-refractivity contribution is -0.546. The highest BCUT2D eigenvalue weighted by Crippen LogP contribution is 2.32. The van der Waals surface area contributed by atoms with Gasteiger partial charge in [-0.2, -0.15) is 0 Å². The van der Waals surface area contributed by atoms with Crippen molar-refractivity contribution in [3.05, 3.63) is 0 Å². The van der Waals surface area contributed by atoms with E-state index in [4.69, 9.17) is 29.0 Å². The summed E-state index contributed by atoms with van der Waals surface area (Å²) in [5, 5.41) is 0. The molecular formula is C10H14O8. The van der Waals surface area contributed by atoms with Gasteiger partial charge in [-0.3, -0.25) is 0 Å². The van der Waals surface area contributed by atoms with Crippen molar-refractivity contribution < 1.29 is 38.6 Å². The summed E-state index contributed by atoms with van der Waals surface area (Å²) in [6.07, 6.45) is -3.58. The van der Waals surface area contributed by atoms with Crippen molar-refractivity contribution in [1.29, 1.82) is 0 Å². The molecule has 0 aromatic rings. The smallest absolute Gasteiger partial charge is 0.341 e. The molecule has 2 fully saturated rings. The predicted molar refractivity (Wildman–Crippen MR) is 52.8 cm³/mol. The largest absolute Gasteiger partial charge is 0.464 e. The van der Waals surface area contributed by atoms with E-state index in [1.807, 2.05) is 0 Å². The van der Waals surface area contributed by atoms with Crippen molar-refractivity contribution in [3.8, 4) is 0 Å². The normalized spacial score (nSPS) is 34.1. The number of carbonyl (C=O) groups excluding carboxylic acids is 2. The van der Waals surface area contributed by atoms with Crippen LogP contribution in [0.5, 0.6) is 0 Å². The molecule has 0 saturated carbocycles. The Kier molecular flexibility index (Phi) is 4.12. The Labute approximate surface area is 103 Å². The summed E-state index contributed by atoms with van der Waals surface area (Å²) in [4.78, 5) is 42.2. The number of rotatable bonds is 4. The number of carbonyl (C=O) groups is 2. The summed E-state index contributed by atoms with van der Waals surface area (Å²) in [6, 6.07) is 0. The number of fused-ring (bicyclic) bond motifs is 1. The van der Waals surface area contributed by atoms with Crippen molar-refractivity contribution in [2.75, 3.05) is 13.2 Å². The standard InChI is InChI=1S/C10H14O8/c1-3-13-9(11)7-5-6(16-15-5)8(18-17-7)10(12)14-4-2/h5-8H,3-4H2,1-2H3. The molecule has 4 atom stereocenters. The first kappa shape index (κ1) is 13.2. The number of ether oxygens (including phenoxy) is 2. The second-order valence-electron chi connectivity index (χ2n) is 3.66. The highest BCUT2D eigenvalue weighted by Gasteiger charge is 2.58. The minimum atomic E-state index is -1.06. The van der Waals surface area contributed by atoms with Crippen molar-refractivity contribution in [1.82, 2.24) is 0 Å². The van der Waals surface area contributed by atoms with Crippen molar-refractivity contribution >= 4 is 11.9 Å². The second kappa shape index (κ2) is 5.61. The lowest BCUT2D eigenvalue weighted by Crippen LogP contribution is -2.65. The summed E-state index contributed by atoms with van der Waals surface area (Å²) < 4.78 is 9.56. The van der Waals surface area contributed by atoms with Crippen molar-refractivity contribution in [2.24, 2.45) is 0 Å². The third-order valence-corrected chi connectivity index (χ3v) is 2.50. The molecule has 2 saturated heterocycles. The predicted octanol–water partition coefficient (Wildman–Crippen LogP) is -0.489. The molecule has 102 valence electrons. The van der Waals surface area contributed by atoms with Gasteiger partial charge in [0.05, 0.1) is 13.2 Å². The number of esters is 2. The molecule has 0 bridgehead atoms. The quantitative estimate of drug-likeness (QED) is 0.495. The van der Waals surface area contributed by atoms with Crippen LogP contribution in [0, 0.1) is 0 Å². The Balaban J connectivity index is 1.97. The van der Waals surface area contributed by atoms with Gasteiger partial charge in [0, 0.05) is 0 Å². The summed E-state index contributed by atoms with van der Waals surface area (Å²) in [6.45, 7) is 3.74.